The summed E-state index contributed by atoms with van der Waals surface area (Å²) in [6.07, 6.45) is 6.40. The molecule has 3 rings (SSSR count). The number of anilines is 1. The number of aryl methyl sites for hydroxylation is 1. The fraction of sp³-hybridized carbons (Fsp3) is 0.438. The smallest absolute Gasteiger partial charge is 0.308 e. The van der Waals surface area contributed by atoms with Crippen molar-refractivity contribution in [2.75, 3.05) is 18.0 Å². The molecule has 0 spiro atoms. The lowest BCUT2D eigenvalue weighted by molar-refractivity contribution is -0.141. The average molecular weight is 313 g/mol. The first-order valence-electron chi connectivity index (χ1n) is 7.65. The first kappa shape index (κ1) is 15.3. The van der Waals surface area contributed by atoms with Crippen molar-refractivity contribution in [3.63, 3.8) is 0 Å². The van der Waals surface area contributed by atoms with E-state index in [4.69, 9.17) is 0 Å². The van der Waals surface area contributed by atoms with E-state index in [-0.39, 0.29) is 5.92 Å². The molecule has 1 N–H and O–H groups in total. The van der Waals surface area contributed by atoms with Gasteiger partial charge in [0.2, 0.25) is 0 Å². The zero-order valence-corrected chi connectivity index (χ0v) is 13.2. The Morgan fingerprint density at radius 3 is 2.83 bits per heavy atom. The van der Waals surface area contributed by atoms with E-state index in [1.54, 1.807) is 18.6 Å². The summed E-state index contributed by atoms with van der Waals surface area (Å²) >= 11 is 0. The topological polar surface area (TPSA) is 92.1 Å². The van der Waals surface area contributed by atoms with E-state index in [1.165, 1.54) is 0 Å². The van der Waals surface area contributed by atoms with Crippen LogP contribution in [0.5, 0.6) is 0 Å². The number of hydrogen-bond acceptors (Lipinski definition) is 6. The van der Waals surface area contributed by atoms with Crippen molar-refractivity contribution in [1.82, 2.24) is 19.9 Å². The second kappa shape index (κ2) is 6.28. The van der Waals surface area contributed by atoms with E-state index >= 15 is 0 Å². The lowest BCUT2D eigenvalue weighted by Crippen LogP contribution is -2.39. The molecule has 2 aromatic rings. The Kier molecular flexibility index (Phi) is 4.18. The largest absolute Gasteiger partial charge is 0.481 e. The molecule has 0 amide bonds. The van der Waals surface area contributed by atoms with Gasteiger partial charge in [0.1, 0.15) is 11.5 Å². The molecule has 1 unspecified atom stereocenters. The maximum Gasteiger partial charge on any atom is 0.308 e. The van der Waals surface area contributed by atoms with Gasteiger partial charge in [-0.15, -0.1) is 0 Å². The zero-order chi connectivity index (χ0) is 16.4. The van der Waals surface area contributed by atoms with Gasteiger partial charge in [0.15, 0.2) is 5.82 Å². The van der Waals surface area contributed by atoms with Crippen molar-refractivity contribution in [1.29, 1.82) is 0 Å². The van der Waals surface area contributed by atoms with Crippen LogP contribution in [0.3, 0.4) is 0 Å². The van der Waals surface area contributed by atoms with Crippen LogP contribution in [0.4, 0.5) is 5.82 Å². The van der Waals surface area contributed by atoms with Gasteiger partial charge in [-0.3, -0.25) is 9.78 Å². The van der Waals surface area contributed by atoms with Gasteiger partial charge in [-0.2, -0.15) is 0 Å². The van der Waals surface area contributed by atoms with Crippen molar-refractivity contribution >= 4 is 11.8 Å². The quantitative estimate of drug-likeness (QED) is 0.924. The van der Waals surface area contributed by atoms with Gasteiger partial charge in [0, 0.05) is 36.7 Å². The van der Waals surface area contributed by atoms with Crippen molar-refractivity contribution in [2.24, 2.45) is 5.92 Å². The predicted octanol–water partition coefficient (Wildman–Crippen LogP) is 1.85. The lowest BCUT2D eigenvalue weighted by atomic mass is 9.98. The van der Waals surface area contributed by atoms with E-state index < -0.39 is 5.97 Å². The monoisotopic (exact) mass is 313 g/mol. The molecule has 1 atom stereocenters. The SMILES string of the molecule is Cc1nc(-c2cnccn2)nc(N2CCCC(C(=O)O)C2)c1C. The predicted molar refractivity (Wildman–Crippen MR) is 85.1 cm³/mol. The number of hydrogen-bond donors (Lipinski definition) is 1. The molecule has 1 aliphatic heterocycles. The number of carboxylic acids is 1. The highest BCUT2D eigenvalue weighted by Gasteiger charge is 2.27. The van der Waals surface area contributed by atoms with Gasteiger partial charge < -0.3 is 10.0 Å². The van der Waals surface area contributed by atoms with Gasteiger partial charge in [-0.25, -0.2) is 15.0 Å². The van der Waals surface area contributed by atoms with Crippen LogP contribution < -0.4 is 4.90 Å². The van der Waals surface area contributed by atoms with Gasteiger partial charge >= 0.3 is 5.97 Å². The fourth-order valence-electron chi connectivity index (χ4n) is 2.82. The minimum atomic E-state index is -0.743. The first-order valence-corrected chi connectivity index (χ1v) is 7.65. The molecule has 7 heteroatoms. The zero-order valence-electron chi connectivity index (χ0n) is 13.2. The fourth-order valence-corrected chi connectivity index (χ4v) is 2.82. The maximum atomic E-state index is 11.3. The Morgan fingerprint density at radius 2 is 2.13 bits per heavy atom. The normalized spacial score (nSPS) is 18.0. The molecule has 2 aromatic heterocycles. The minimum absolute atomic E-state index is 0.349. The van der Waals surface area contributed by atoms with Crippen LogP contribution in [0, 0.1) is 19.8 Å². The molecule has 0 saturated carbocycles. The third kappa shape index (κ3) is 3.13. The van der Waals surface area contributed by atoms with Crippen molar-refractivity contribution in [3.8, 4) is 11.5 Å². The number of piperidine rings is 1. The van der Waals surface area contributed by atoms with Gasteiger partial charge in [-0.05, 0) is 26.7 Å². The van der Waals surface area contributed by atoms with E-state index in [0.717, 1.165) is 30.0 Å². The molecule has 0 aliphatic carbocycles. The Bertz CT molecular complexity index is 720. The van der Waals surface area contributed by atoms with Crippen molar-refractivity contribution in [3.05, 3.63) is 29.8 Å². The standard InChI is InChI=1S/C16H19N5O2/c1-10-11(2)19-14(13-8-17-5-6-18-13)20-15(10)21-7-3-4-12(9-21)16(22)23/h5-6,8,12H,3-4,7,9H2,1-2H3,(H,22,23). The van der Waals surface area contributed by atoms with Gasteiger partial charge in [0.05, 0.1) is 12.1 Å². The Labute approximate surface area is 134 Å². The van der Waals surface area contributed by atoms with Gasteiger partial charge in [-0.1, -0.05) is 0 Å². The number of rotatable bonds is 3. The summed E-state index contributed by atoms with van der Waals surface area (Å²) in [5.41, 5.74) is 2.46. The van der Waals surface area contributed by atoms with Crippen LogP contribution in [0.1, 0.15) is 24.1 Å². The Morgan fingerprint density at radius 1 is 1.30 bits per heavy atom. The average Bonchev–Trinajstić information content (AvgIpc) is 2.58. The number of aromatic nitrogens is 4. The molecule has 0 aromatic carbocycles. The van der Waals surface area contributed by atoms with Crippen LogP contribution in [-0.2, 0) is 4.79 Å². The van der Waals surface area contributed by atoms with Crippen molar-refractivity contribution in [2.45, 2.75) is 26.7 Å². The second-order valence-corrected chi connectivity index (χ2v) is 5.80. The van der Waals surface area contributed by atoms with E-state index in [9.17, 15) is 9.90 Å². The molecule has 23 heavy (non-hydrogen) atoms. The summed E-state index contributed by atoms with van der Waals surface area (Å²) in [5, 5.41) is 9.28. The van der Waals surface area contributed by atoms with Crippen LogP contribution in [0.15, 0.2) is 18.6 Å². The summed E-state index contributed by atoms with van der Waals surface area (Å²) in [4.78, 5) is 30.8. The highest BCUT2D eigenvalue weighted by atomic mass is 16.4. The molecule has 0 bridgehead atoms. The molecule has 3 heterocycles. The molecule has 1 fully saturated rings. The summed E-state index contributed by atoms with van der Waals surface area (Å²) in [7, 11) is 0. The van der Waals surface area contributed by atoms with Crippen LogP contribution in [0.25, 0.3) is 11.5 Å². The van der Waals surface area contributed by atoms with E-state index in [1.807, 2.05) is 18.7 Å². The highest BCUT2D eigenvalue weighted by Crippen LogP contribution is 2.27. The van der Waals surface area contributed by atoms with E-state index in [0.29, 0.717) is 24.5 Å². The number of nitrogens with zero attached hydrogens (tertiary/aromatic N) is 5. The number of aliphatic carboxylic acids is 1. The third-order valence-electron chi connectivity index (χ3n) is 4.23. The summed E-state index contributed by atoms with van der Waals surface area (Å²) in [6, 6.07) is 0. The van der Waals surface area contributed by atoms with Crippen LogP contribution in [0.2, 0.25) is 0 Å². The third-order valence-corrected chi connectivity index (χ3v) is 4.23. The Balaban J connectivity index is 1.98. The number of carboxylic acid groups (broad SMARTS) is 1. The van der Waals surface area contributed by atoms with Gasteiger partial charge in [0.25, 0.3) is 0 Å². The first-order chi connectivity index (χ1) is 11.1. The summed E-state index contributed by atoms with van der Waals surface area (Å²) < 4.78 is 0. The molecule has 1 saturated heterocycles. The highest BCUT2D eigenvalue weighted by molar-refractivity contribution is 5.71. The number of carbonyl (C=O) groups is 1. The van der Waals surface area contributed by atoms with E-state index in [2.05, 4.69) is 19.9 Å². The summed E-state index contributed by atoms with van der Waals surface area (Å²) in [5.74, 6) is 0.225. The van der Waals surface area contributed by atoms with Crippen LogP contribution in [-0.4, -0.2) is 44.1 Å². The summed E-state index contributed by atoms with van der Waals surface area (Å²) in [6.45, 7) is 5.18. The van der Waals surface area contributed by atoms with Crippen molar-refractivity contribution < 1.29 is 9.90 Å². The minimum Gasteiger partial charge on any atom is -0.481 e. The molecule has 120 valence electrons. The lowest BCUT2D eigenvalue weighted by Gasteiger charge is -2.32. The molecule has 1 aliphatic rings. The molecular weight excluding hydrogens is 294 g/mol. The Hall–Kier alpha value is -2.57. The molecule has 7 nitrogen and oxygen atoms in total. The van der Waals surface area contributed by atoms with Crippen LogP contribution >= 0.6 is 0 Å². The second-order valence-electron chi connectivity index (χ2n) is 5.80. The molecular formula is C16H19N5O2. The molecule has 0 radical (unpaired) electrons. The maximum absolute atomic E-state index is 11.3.